The standard InChI is InChI=1S/C28H29F2N3O3.C4H10/c1-18(31-25(34)16-20-14-23(29)17-24(30)15-20)28(35)33-27(19(2)36-3)32-26(21-10-6-4-7-11-21)22-12-8-5-9-13-22;1-4(2)3/h4-15,17-19,27H,16H2,1-3H3,(H,31,34)(H,33,35);4H,1-3H3. The summed E-state index contributed by atoms with van der Waals surface area (Å²) in [6.45, 7) is 9.80. The molecule has 0 heterocycles. The predicted molar refractivity (Wildman–Crippen MR) is 155 cm³/mol. The zero-order valence-corrected chi connectivity index (χ0v) is 23.9. The van der Waals surface area contributed by atoms with E-state index in [2.05, 4.69) is 31.4 Å². The van der Waals surface area contributed by atoms with E-state index in [1.807, 2.05) is 60.7 Å². The predicted octanol–water partition coefficient (Wildman–Crippen LogP) is 5.69. The maximum Gasteiger partial charge on any atom is 0.244 e. The molecule has 3 aromatic rings. The lowest BCUT2D eigenvalue weighted by Crippen LogP contribution is -2.51. The van der Waals surface area contributed by atoms with Crippen molar-refractivity contribution < 1.29 is 23.1 Å². The zero-order chi connectivity index (χ0) is 29.7. The van der Waals surface area contributed by atoms with Crippen LogP contribution in [0.5, 0.6) is 0 Å². The van der Waals surface area contributed by atoms with Gasteiger partial charge in [0, 0.05) is 24.3 Å². The summed E-state index contributed by atoms with van der Waals surface area (Å²) in [7, 11) is 1.52. The van der Waals surface area contributed by atoms with Gasteiger partial charge in [-0.2, -0.15) is 0 Å². The average molecular weight is 552 g/mol. The molecule has 3 unspecified atom stereocenters. The summed E-state index contributed by atoms with van der Waals surface area (Å²) >= 11 is 0. The van der Waals surface area contributed by atoms with Crippen LogP contribution in [0.2, 0.25) is 0 Å². The summed E-state index contributed by atoms with van der Waals surface area (Å²) in [5.74, 6) is -1.74. The molecule has 3 rings (SSSR count). The summed E-state index contributed by atoms with van der Waals surface area (Å²) in [6.07, 6.45) is -1.50. The van der Waals surface area contributed by atoms with Gasteiger partial charge in [-0.15, -0.1) is 0 Å². The molecule has 0 saturated carbocycles. The van der Waals surface area contributed by atoms with Gasteiger partial charge in [-0.05, 0) is 37.5 Å². The molecule has 3 aromatic carbocycles. The number of benzene rings is 3. The molecule has 0 fully saturated rings. The lowest BCUT2D eigenvalue weighted by atomic mass is 10.0. The third-order valence-corrected chi connectivity index (χ3v) is 5.53. The number of aliphatic imine (C=N–C) groups is 1. The second kappa shape index (κ2) is 16.3. The molecule has 8 heteroatoms. The topological polar surface area (TPSA) is 79.8 Å². The summed E-state index contributed by atoms with van der Waals surface area (Å²) < 4.78 is 32.3. The molecule has 0 aromatic heterocycles. The van der Waals surface area contributed by atoms with E-state index in [0.29, 0.717) is 5.71 Å². The van der Waals surface area contributed by atoms with Crippen molar-refractivity contribution in [2.75, 3.05) is 7.11 Å². The number of carbonyl (C=O) groups excluding carboxylic acids is 2. The molecular formula is C32H39F2N3O3. The lowest BCUT2D eigenvalue weighted by molar-refractivity contribution is -0.129. The Morgan fingerprint density at radius 1 is 0.800 bits per heavy atom. The minimum absolute atomic E-state index is 0.170. The van der Waals surface area contributed by atoms with Crippen molar-refractivity contribution in [1.82, 2.24) is 10.6 Å². The Hall–Kier alpha value is -3.91. The Labute approximate surface area is 235 Å². The van der Waals surface area contributed by atoms with Crippen molar-refractivity contribution in [3.63, 3.8) is 0 Å². The summed E-state index contributed by atoms with van der Waals surface area (Å²) in [6, 6.07) is 21.1. The largest absolute Gasteiger partial charge is 0.378 e. The van der Waals surface area contributed by atoms with Gasteiger partial charge in [0.1, 0.15) is 23.8 Å². The van der Waals surface area contributed by atoms with Gasteiger partial charge in [0.15, 0.2) is 0 Å². The smallest absolute Gasteiger partial charge is 0.244 e. The quantitative estimate of drug-likeness (QED) is 0.318. The van der Waals surface area contributed by atoms with Gasteiger partial charge in [0.2, 0.25) is 11.8 Å². The molecule has 6 nitrogen and oxygen atoms in total. The molecule has 0 aliphatic heterocycles. The SMILES string of the molecule is CC(C)C.COC(C)C(N=C(c1ccccc1)c1ccccc1)NC(=O)C(C)NC(=O)Cc1cc(F)cc(F)c1. The highest BCUT2D eigenvalue weighted by atomic mass is 19.1. The lowest BCUT2D eigenvalue weighted by Gasteiger charge is -2.24. The summed E-state index contributed by atoms with van der Waals surface area (Å²) in [4.78, 5) is 30.2. The van der Waals surface area contributed by atoms with E-state index >= 15 is 0 Å². The van der Waals surface area contributed by atoms with Crippen LogP contribution in [0.3, 0.4) is 0 Å². The van der Waals surface area contributed by atoms with Gasteiger partial charge >= 0.3 is 0 Å². The minimum atomic E-state index is -0.922. The third-order valence-electron chi connectivity index (χ3n) is 5.53. The number of methoxy groups -OCH3 is 1. The first kappa shape index (κ1) is 32.3. The van der Waals surface area contributed by atoms with E-state index < -0.39 is 41.8 Å². The molecule has 2 N–H and O–H groups in total. The number of nitrogens with zero attached hydrogens (tertiary/aromatic N) is 1. The van der Waals surface area contributed by atoms with Gasteiger partial charge in [-0.1, -0.05) is 81.4 Å². The number of carbonyl (C=O) groups is 2. The molecule has 0 aliphatic rings. The van der Waals surface area contributed by atoms with E-state index in [1.54, 1.807) is 6.92 Å². The third kappa shape index (κ3) is 11.1. The molecule has 0 spiro atoms. The summed E-state index contributed by atoms with van der Waals surface area (Å²) in [5, 5.41) is 5.40. The van der Waals surface area contributed by atoms with Crippen LogP contribution < -0.4 is 10.6 Å². The van der Waals surface area contributed by atoms with Crippen LogP contribution in [-0.2, 0) is 20.7 Å². The van der Waals surface area contributed by atoms with Crippen molar-refractivity contribution in [3.05, 3.63) is 107 Å². The Balaban J connectivity index is 0.00000131. The molecule has 2 amide bonds. The summed E-state index contributed by atoms with van der Waals surface area (Å²) in [5.41, 5.74) is 2.59. The van der Waals surface area contributed by atoms with Crippen LogP contribution in [0.4, 0.5) is 8.78 Å². The van der Waals surface area contributed by atoms with Crippen molar-refractivity contribution in [2.45, 2.75) is 59.4 Å². The molecule has 40 heavy (non-hydrogen) atoms. The first-order chi connectivity index (χ1) is 19.0. The Morgan fingerprint density at radius 3 is 1.73 bits per heavy atom. The molecule has 0 aliphatic carbocycles. The molecular weight excluding hydrogens is 512 g/mol. The van der Waals surface area contributed by atoms with E-state index in [-0.39, 0.29) is 12.0 Å². The minimum Gasteiger partial charge on any atom is -0.378 e. The van der Waals surface area contributed by atoms with Crippen molar-refractivity contribution in [1.29, 1.82) is 0 Å². The highest BCUT2D eigenvalue weighted by molar-refractivity contribution is 6.13. The van der Waals surface area contributed by atoms with E-state index in [9.17, 15) is 18.4 Å². The number of hydrogen-bond acceptors (Lipinski definition) is 4. The zero-order valence-electron chi connectivity index (χ0n) is 23.9. The van der Waals surface area contributed by atoms with Crippen molar-refractivity contribution in [2.24, 2.45) is 10.9 Å². The number of halogens is 2. The average Bonchev–Trinajstić information content (AvgIpc) is 2.90. The second-order valence-electron chi connectivity index (χ2n) is 10.1. The maximum absolute atomic E-state index is 13.4. The maximum atomic E-state index is 13.4. The Morgan fingerprint density at radius 2 is 1.27 bits per heavy atom. The van der Waals surface area contributed by atoms with E-state index in [4.69, 9.17) is 9.73 Å². The fourth-order valence-corrected chi connectivity index (χ4v) is 3.56. The van der Waals surface area contributed by atoms with Crippen LogP contribution >= 0.6 is 0 Å². The fraction of sp³-hybridized carbons (Fsp3) is 0.344. The van der Waals surface area contributed by atoms with Crippen LogP contribution in [0.1, 0.15) is 51.3 Å². The molecule has 0 bridgehead atoms. The van der Waals surface area contributed by atoms with Gasteiger partial charge in [-0.25, -0.2) is 8.78 Å². The Bertz CT molecular complexity index is 1190. The fourth-order valence-electron chi connectivity index (χ4n) is 3.56. The normalized spacial score (nSPS) is 12.8. The van der Waals surface area contributed by atoms with Gasteiger partial charge in [-0.3, -0.25) is 14.6 Å². The van der Waals surface area contributed by atoms with Crippen molar-refractivity contribution >= 4 is 17.5 Å². The highest BCUT2D eigenvalue weighted by Crippen LogP contribution is 2.14. The monoisotopic (exact) mass is 551 g/mol. The van der Waals surface area contributed by atoms with Crippen molar-refractivity contribution in [3.8, 4) is 0 Å². The van der Waals surface area contributed by atoms with Crippen LogP contribution in [-0.4, -0.2) is 42.9 Å². The number of rotatable bonds is 10. The molecule has 214 valence electrons. The number of nitrogens with one attached hydrogen (secondary N) is 2. The number of ether oxygens (including phenoxy) is 1. The van der Waals surface area contributed by atoms with E-state index in [1.165, 1.54) is 14.0 Å². The molecule has 0 radical (unpaired) electrons. The van der Waals surface area contributed by atoms with E-state index in [0.717, 1.165) is 35.2 Å². The first-order valence-electron chi connectivity index (χ1n) is 13.3. The van der Waals surface area contributed by atoms with Crippen LogP contribution in [0.15, 0.2) is 83.9 Å². The second-order valence-corrected chi connectivity index (χ2v) is 10.1. The highest BCUT2D eigenvalue weighted by Gasteiger charge is 2.24. The number of hydrogen-bond donors (Lipinski definition) is 2. The molecule has 3 atom stereocenters. The van der Waals surface area contributed by atoms with Crippen LogP contribution in [0, 0.1) is 17.6 Å². The first-order valence-corrected chi connectivity index (χ1v) is 13.3. The number of amides is 2. The van der Waals surface area contributed by atoms with Gasteiger partial charge in [0.05, 0.1) is 18.2 Å². The molecule has 0 saturated heterocycles. The van der Waals surface area contributed by atoms with Gasteiger partial charge in [0.25, 0.3) is 0 Å². The van der Waals surface area contributed by atoms with Crippen LogP contribution in [0.25, 0.3) is 0 Å². The van der Waals surface area contributed by atoms with Gasteiger partial charge < -0.3 is 15.4 Å². The Kier molecular flexibility index (Phi) is 13.1.